The van der Waals surface area contributed by atoms with E-state index in [1.165, 1.54) is 0 Å². The third kappa shape index (κ3) is 5.49. The number of benzene rings is 1. The van der Waals surface area contributed by atoms with Crippen LogP contribution in [0.3, 0.4) is 0 Å². The van der Waals surface area contributed by atoms with Gasteiger partial charge < -0.3 is 14.6 Å². The number of hydrogen-bond acceptors (Lipinski definition) is 4. The fourth-order valence-corrected chi connectivity index (χ4v) is 2.53. The van der Waals surface area contributed by atoms with E-state index in [1.807, 2.05) is 18.2 Å². The zero-order chi connectivity index (χ0) is 15.1. The highest BCUT2D eigenvalue weighted by Gasteiger charge is 2.10. The second kappa shape index (κ2) is 8.17. The smallest absolute Gasteiger partial charge is 0.328 e. The normalized spacial score (nSPS) is 16.2. The summed E-state index contributed by atoms with van der Waals surface area (Å²) in [6.07, 6.45) is 2.66. The van der Waals surface area contributed by atoms with Gasteiger partial charge in [-0.3, -0.25) is 4.90 Å². The Morgan fingerprint density at radius 3 is 2.86 bits per heavy atom. The predicted octanol–water partition coefficient (Wildman–Crippen LogP) is 2.26. The monoisotopic (exact) mass is 355 g/mol. The Morgan fingerprint density at radius 2 is 2.19 bits per heavy atom. The molecule has 1 aromatic rings. The lowest BCUT2D eigenvalue weighted by atomic mass is 10.2. The van der Waals surface area contributed by atoms with Crippen molar-refractivity contribution in [3.63, 3.8) is 0 Å². The summed E-state index contributed by atoms with van der Waals surface area (Å²) in [6.45, 7) is 4.95. The highest BCUT2D eigenvalue weighted by molar-refractivity contribution is 9.10. The fraction of sp³-hybridized carbons (Fsp3) is 0.400. The molecule has 0 amide bonds. The molecule has 2 rings (SSSR count). The molecular weight excluding hydrogens is 338 g/mol. The number of carbonyl (C=O) groups is 1. The second-order valence-corrected chi connectivity index (χ2v) is 5.52. The van der Waals surface area contributed by atoms with E-state index in [0.29, 0.717) is 6.61 Å². The second-order valence-electron chi connectivity index (χ2n) is 4.66. The molecule has 0 atom stereocenters. The highest BCUT2D eigenvalue weighted by atomic mass is 79.9. The van der Waals surface area contributed by atoms with Crippen molar-refractivity contribution in [3.8, 4) is 5.75 Å². The van der Waals surface area contributed by atoms with Gasteiger partial charge in [0.25, 0.3) is 0 Å². The molecule has 6 heteroatoms. The van der Waals surface area contributed by atoms with Gasteiger partial charge in [0.15, 0.2) is 0 Å². The largest absolute Gasteiger partial charge is 0.491 e. The molecule has 1 heterocycles. The maximum Gasteiger partial charge on any atom is 0.328 e. The fourth-order valence-electron chi connectivity index (χ4n) is 2.01. The standard InChI is InChI=1S/C15H18BrNO4/c16-13-11-12(2-4-15(18)19)1-3-14(13)21-10-7-17-5-8-20-9-6-17/h1-4,11H,5-10H2,(H,18,19). The molecule has 0 radical (unpaired) electrons. The maximum absolute atomic E-state index is 10.5. The van der Waals surface area contributed by atoms with Gasteiger partial charge in [0.1, 0.15) is 12.4 Å². The van der Waals surface area contributed by atoms with Crippen LogP contribution in [0.4, 0.5) is 0 Å². The van der Waals surface area contributed by atoms with Gasteiger partial charge in [0, 0.05) is 25.7 Å². The number of carboxylic acids is 1. The first-order valence-corrected chi connectivity index (χ1v) is 7.58. The topological polar surface area (TPSA) is 59.0 Å². The number of nitrogens with zero attached hydrogens (tertiary/aromatic N) is 1. The van der Waals surface area contributed by atoms with Crippen molar-refractivity contribution in [2.45, 2.75) is 0 Å². The van der Waals surface area contributed by atoms with E-state index in [2.05, 4.69) is 20.8 Å². The Bertz CT molecular complexity index is 512. The molecule has 0 saturated carbocycles. The first kappa shape index (κ1) is 16.0. The summed E-state index contributed by atoms with van der Waals surface area (Å²) >= 11 is 3.44. The van der Waals surface area contributed by atoms with Gasteiger partial charge in [-0.25, -0.2) is 4.79 Å². The molecule has 0 aromatic heterocycles. The molecule has 1 fully saturated rings. The predicted molar refractivity (Wildman–Crippen MR) is 83.6 cm³/mol. The summed E-state index contributed by atoms with van der Waals surface area (Å²) in [5, 5.41) is 8.60. The zero-order valence-corrected chi connectivity index (χ0v) is 13.2. The van der Waals surface area contributed by atoms with Gasteiger partial charge in [-0.2, -0.15) is 0 Å². The Hall–Kier alpha value is -1.37. The third-order valence-electron chi connectivity index (χ3n) is 3.14. The minimum atomic E-state index is -0.961. The van der Waals surface area contributed by atoms with Crippen LogP contribution >= 0.6 is 15.9 Å². The molecule has 1 aliphatic rings. The summed E-state index contributed by atoms with van der Waals surface area (Å²) in [6, 6.07) is 5.50. The summed E-state index contributed by atoms with van der Waals surface area (Å²) < 4.78 is 11.9. The average Bonchev–Trinajstić information content (AvgIpc) is 2.48. The Balaban J connectivity index is 1.84. The summed E-state index contributed by atoms with van der Waals surface area (Å²) in [5.74, 6) is -0.201. The number of hydrogen-bond donors (Lipinski definition) is 1. The molecule has 21 heavy (non-hydrogen) atoms. The quantitative estimate of drug-likeness (QED) is 0.793. The third-order valence-corrected chi connectivity index (χ3v) is 3.76. The minimum Gasteiger partial charge on any atom is -0.491 e. The Kier molecular flexibility index (Phi) is 6.22. The average molecular weight is 356 g/mol. The first-order chi connectivity index (χ1) is 10.1. The van der Waals surface area contributed by atoms with E-state index < -0.39 is 5.97 Å². The molecule has 0 spiro atoms. The van der Waals surface area contributed by atoms with Gasteiger partial charge in [0.05, 0.1) is 17.7 Å². The molecular formula is C15H18BrNO4. The van der Waals surface area contributed by atoms with Crippen molar-refractivity contribution >= 4 is 28.0 Å². The molecule has 1 saturated heterocycles. The van der Waals surface area contributed by atoms with Crippen LogP contribution in [0.25, 0.3) is 6.08 Å². The molecule has 5 nitrogen and oxygen atoms in total. The Labute approximate surface area is 132 Å². The van der Waals surface area contributed by atoms with E-state index in [4.69, 9.17) is 14.6 Å². The van der Waals surface area contributed by atoms with Gasteiger partial charge in [0.2, 0.25) is 0 Å². The van der Waals surface area contributed by atoms with Crippen LogP contribution in [0.15, 0.2) is 28.7 Å². The van der Waals surface area contributed by atoms with Crippen molar-refractivity contribution in [3.05, 3.63) is 34.3 Å². The summed E-state index contributed by atoms with van der Waals surface area (Å²) in [4.78, 5) is 12.8. The van der Waals surface area contributed by atoms with E-state index >= 15 is 0 Å². The van der Waals surface area contributed by atoms with Gasteiger partial charge in [-0.05, 0) is 39.7 Å². The first-order valence-electron chi connectivity index (χ1n) is 6.78. The molecule has 0 unspecified atom stereocenters. The molecule has 1 N–H and O–H groups in total. The number of aliphatic carboxylic acids is 1. The van der Waals surface area contributed by atoms with E-state index in [0.717, 1.165) is 54.7 Å². The van der Waals surface area contributed by atoms with Gasteiger partial charge in [-0.1, -0.05) is 6.07 Å². The van der Waals surface area contributed by atoms with Crippen LogP contribution in [0, 0.1) is 0 Å². The highest BCUT2D eigenvalue weighted by Crippen LogP contribution is 2.26. The lowest BCUT2D eigenvalue weighted by Crippen LogP contribution is -2.38. The van der Waals surface area contributed by atoms with E-state index in [9.17, 15) is 4.79 Å². The van der Waals surface area contributed by atoms with Crippen LogP contribution in [0.1, 0.15) is 5.56 Å². The maximum atomic E-state index is 10.5. The number of carboxylic acid groups (broad SMARTS) is 1. The van der Waals surface area contributed by atoms with Crippen LogP contribution in [-0.4, -0.2) is 55.4 Å². The van der Waals surface area contributed by atoms with Crippen LogP contribution in [0.2, 0.25) is 0 Å². The summed E-state index contributed by atoms with van der Waals surface area (Å²) in [5.41, 5.74) is 0.810. The molecule has 1 aliphatic heterocycles. The minimum absolute atomic E-state index is 0.614. The number of ether oxygens (including phenoxy) is 2. The van der Waals surface area contributed by atoms with Crippen molar-refractivity contribution in [1.82, 2.24) is 4.90 Å². The Morgan fingerprint density at radius 1 is 1.43 bits per heavy atom. The van der Waals surface area contributed by atoms with Gasteiger partial charge in [-0.15, -0.1) is 0 Å². The molecule has 0 aliphatic carbocycles. The number of halogens is 1. The number of rotatable bonds is 6. The van der Waals surface area contributed by atoms with Gasteiger partial charge >= 0.3 is 5.97 Å². The zero-order valence-electron chi connectivity index (χ0n) is 11.6. The van der Waals surface area contributed by atoms with Crippen LogP contribution < -0.4 is 4.74 Å². The summed E-state index contributed by atoms with van der Waals surface area (Å²) in [7, 11) is 0. The lowest BCUT2D eigenvalue weighted by molar-refractivity contribution is -0.131. The van der Waals surface area contributed by atoms with E-state index in [1.54, 1.807) is 6.08 Å². The molecule has 0 bridgehead atoms. The molecule has 114 valence electrons. The van der Waals surface area contributed by atoms with Crippen molar-refractivity contribution in [2.24, 2.45) is 0 Å². The lowest BCUT2D eigenvalue weighted by Gasteiger charge is -2.26. The van der Waals surface area contributed by atoms with Crippen LogP contribution in [0.5, 0.6) is 5.75 Å². The van der Waals surface area contributed by atoms with Crippen molar-refractivity contribution < 1.29 is 19.4 Å². The molecule has 1 aromatic carbocycles. The number of morpholine rings is 1. The SMILES string of the molecule is O=C(O)C=Cc1ccc(OCCN2CCOCC2)c(Br)c1. The van der Waals surface area contributed by atoms with Crippen molar-refractivity contribution in [2.75, 3.05) is 39.5 Å². The van der Waals surface area contributed by atoms with Crippen LogP contribution in [-0.2, 0) is 9.53 Å². The van der Waals surface area contributed by atoms with E-state index in [-0.39, 0.29) is 0 Å². The van der Waals surface area contributed by atoms with Crippen molar-refractivity contribution in [1.29, 1.82) is 0 Å².